The summed E-state index contributed by atoms with van der Waals surface area (Å²) >= 11 is 0. The minimum Gasteiger partial charge on any atom is -0.244 e. The lowest BCUT2D eigenvalue weighted by Crippen LogP contribution is -2.42. The zero-order valence-corrected chi connectivity index (χ0v) is 34.4. The highest BCUT2D eigenvalue weighted by molar-refractivity contribution is 5.98. The molecule has 0 saturated heterocycles. The number of nitriles is 2. The van der Waals surface area contributed by atoms with Crippen molar-refractivity contribution in [2.24, 2.45) is 17.8 Å². The first-order valence-corrected chi connectivity index (χ1v) is 21.3. The van der Waals surface area contributed by atoms with Crippen LogP contribution in [0.2, 0.25) is 0 Å². The lowest BCUT2D eigenvalue weighted by Gasteiger charge is -2.50. The highest BCUT2D eigenvalue weighted by Gasteiger charge is 2.45. The molecule has 294 valence electrons. The third-order valence-electron chi connectivity index (χ3n) is 13.0. The van der Waals surface area contributed by atoms with Crippen molar-refractivity contribution < 1.29 is 0 Å². The molecule has 0 radical (unpaired) electrons. The summed E-state index contributed by atoms with van der Waals surface area (Å²) < 4.78 is 0. The van der Waals surface area contributed by atoms with Crippen LogP contribution in [0.15, 0.2) is 152 Å². The molecule has 0 N–H and O–H groups in total. The van der Waals surface area contributed by atoms with E-state index in [1.165, 1.54) is 43.2 Å². The number of pyridine rings is 1. The summed E-state index contributed by atoms with van der Waals surface area (Å²) in [6.45, 7) is 4.90. The monoisotopic (exact) mass is 788 g/mol. The Hall–Kier alpha value is -7.28. The van der Waals surface area contributed by atoms with E-state index in [-0.39, 0.29) is 0 Å². The molecule has 2 aromatic heterocycles. The Morgan fingerprint density at radius 2 is 1.00 bits per heavy atom. The van der Waals surface area contributed by atoms with Crippen molar-refractivity contribution in [1.82, 2.24) is 19.9 Å². The highest BCUT2D eigenvalue weighted by Crippen LogP contribution is 2.54. The number of aromatic nitrogens is 4. The minimum absolute atomic E-state index is 0.310. The van der Waals surface area contributed by atoms with Crippen LogP contribution in [0.1, 0.15) is 62.8 Å². The van der Waals surface area contributed by atoms with E-state index in [9.17, 15) is 10.5 Å². The lowest BCUT2D eigenvalue weighted by molar-refractivity contribution is 0.0780. The fraction of sp³-hybridized carbons (Fsp3) is 0.200. The van der Waals surface area contributed by atoms with Gasteiger partial charge in [-0.05, 0) is 118 Å². The molecular formula is C55H44N6. The summed E-state index contributed by atoms with van der Waals surface area (Å²) in [6.07, 6.45) is 8.46. The second-order valence-electron chi connectivity index (χ2n) is 17.4. The molecule has 6 aromatic carbocycles. The average molecular weight is 789 g/mol. The van der Waals surface area contributed by atoms with Crippen LogP contribution in [0.5, 0.6) is 0 Å². The van der Waals surface area contributed by atoms with Crippen molar-refractivity contribution in [3.05, 3.63) is 169 Å². The second kappa shape index (κ2) is 15.7. The summed E-state index contributed by atoms with van der Waals surface area (Å²) in [5.74, 6) is 4.10. The zero-order chi connectivity index (χ0) is 41.5. The Labute approximate surface area is 357 Å². The van der Waals surface area contributed by atoms with Gasteiger partial charge in [0.1, 0.15) is 11.8 Å². The van der Waals surface area contributed by atoms with E-state index in [1.54, 1.807) is 6.20 Å². The minimum atomic E-state index is 0.310. The zero-order valence-electron chi connectivity index (χ0n) is 34.4. The fourth-order valence-corrected chi connectivity index (χ4v) is 10.6. The van der Waals surface area contributed by atoms with E-state index in [1.807, 2.05) is 72.8 Å². The Bertz CT molecular complexity index is 2990. The first-order chi connectivity index (χ1) is 29.8. The molecule has 2 aliphatic rings. The number of hydrogen-bond donors (Lipinski definition) is 0. The quantitative estimate of drug-likeness (QED) is 0.159. The third kappa shape index (κ3) is 7.36. The number of fused-ring (bicyclic) bond motifs is 3. The van der Waals surface area contributed by atoms with Gasteiger partial charge in [-0.1, -0.05) is 135 Å². The lowest BCUT2D eigenvalue weighted by atomic mass is 9.54. The van der Waals surface area contributed by atoms with E-state index in [0.29, 0.717) is 34.1 Å². The normalized spacial score (nSPS) is 19.5. The van der Waals surface area contributed by atoms with Crippen LogP contribution < -0.4 is 0 Å². The van der Waals surface area contributed by atoms with Gasteiger partial charge >= 0.3 is 0 Å². The van der Waals surface area contributed by atoms with Crippen molar-refractivity contribution >= 4 is 10.8 Å². The van der Waals surface area contributed by atoms with E-state index in [4.69, 9.17) is 15.0 Å². The van der Waals surface area contributed by atoms with Gasteiger partial charge in [0.15, 0.2) is 17.5 Å². The number of nitrogens with zero attached hydrogens (tertiary/aromatic N) is 6. The first-order valence-electron chi connectivity index (χ1n) is 21.3. The van der Waals surface area contributed by atoms with Crippen molar-refractivity contribution in [3.63, 3.8) is 0 Å². The number of benzene rings is 6. The van der Waals surface area contributed by atoms with Gasteiger partial charge in [0.05, 0.1) is 11.6 Å². The van der Waals surface area contributed by atoms with Crippen molar-refractivity contribution in [1.29, 1.82) is 10.5 Å². The van der Waals surface area contributed by atoms with Crippen molar-refractivity contribution in [2.75, 3.05) is 0 Å². The van der Waals surface area contributed by atoms with Gasteiger partial charge in [-0.25, -0.2) is 19.9 Å². The maximum absolute atomic E-state index is 9.75. The van der Waals surface area contributed by atoms with Crippen molar-refractivity contribution in [2.45, 2.75) is 51.4 Å². The summed E-state index contributed by atoms with van der Waals surface area (Å²) in [5, 5.41) is 20.9. The Morgan fingerprint density at radius 1 is 0.492 bits per heavy atom. The molecule has 0 amide bonds. The summed E-state index contributed by atoms with van der Waals surface area (Å²) in [7, 11) is 0. The van der Waals surface area contributed by atoms with Gasteiger partial charge in [-0.15, -0.1) is 0 Å². The van der Waals surface area contributed by atoms with Gasteiger partial charge in [-0.3, -0.25) is 0 Å². The van der Waals surface area contributed by atoms with E-state index in [0.717, 1.165) is 73.0 Å². The molecule has 0 aliphatic heterocycles. The summed E-state index contributed by atoms with van der Waals surface area (Å²) in [6, 6.07) is 54.2. The van der Waals surface area contributed by atoms with Crippen LogP contribution in [-0.4, -0.2) is 19.9 Å². The predicted octanol–water partition coefficient (Wildman–Crippen LogP) is 13.3. The fourth-order valence-electron chi connectivity index (χ4n) is 10.6. The van der Waals surface area contributed by atoms with Crippen LogP contribution in [0, 0.1) is 40.4 Å². The number of hydrogen-bond acceptors (Lipinski definition) is 6. The summed E-state index contributed by atoms with van der Waals surface area (Å²) in [5.41, 5.74) is 11.7. The van der Waals surface area contributed by atoms with Crippen LogP contribution >= 0.6 is 0 Å². The Balaban J connectivity index is 1.02. The van der Waals surface area contributed by atoms with Crippen LogP contribution in [0.25, 0.3) is 78.3 Å². The molecule has 2 saturated carbocycles. The average Bonchev–Trinajstić information content (AvgIpc) is 3.31. The van der Waals surface area contributed by atoms with E-state index >= 15 is 0 Å². The largest absolute Gasteiger partial charge is 0.244 e. The molecule has 4 atom stereocenters. The summed E-state index contributed by atoms with van der Waals surface area (Å²) in [4.78, 5) is 19.8. The van der Waals surface area contributed by atoms with E-state index < -0.39 is 0 Å². The smallest absolute Gasteiger partial charge is 0.164 e. The molecule has 2 fully saturated rings. The Kier molecular flexibility index (Phi) is 9.78. The standard InChI is InChI=1S/C55H44N6/c1-35-25-38-26-36(2)30-55(29-35,31-38)47-23-21-40(22-24-47)39-17-19-42(20-18-39)52-59-53(45-9-5-7-43(27-45)41-15-13-37(32-56)14-16-41)61-54(60-52)46-10-6-8-44(28-46)50-34-58-51(33-57)49-12-4-3-11-48(49)50/h3-24,27-28,34-36,38H,25-26,29-31H2,1-2H3/t35-,36+,38-,55?. The molecular weight excluding hydrogens is 745 g/mol. The van der Waals surface area contributed by atoms with Gasteiger partial charge in [0, 0.05) is 33.8 Å². The molecule has 6 nitrogen and oxygen atoms in total. The topological polar surface area (TPSA) is 99.1 Å². The van der Waals surface area contributed by atoms with Crippen LogP contribution in [0.3, 0.4) is 0 Å². The maximum atomic E-state index is 9.75. The van der Waals surface area contributed by atoms with Gasteiger partial charge in [-0.2, -0.15) is 10.5 Å². The molecule has 61 heavy (non-hydrogen) atoms. The molecule has 10 rings (SSSR count). The first kappa shape index (κ1) is 38.0. The predicted molar refractivity (Wildman–Crippen MR) is 244 cm³/mol. The molecule has 8 aromatic rings. The molecule has 2 aliphatic carbocycles. The number of rotatable bonds is 7. The molecule has 1 unspecified atom stereocenters. The highest BCUT2D eigenvalue weighted by atomic mass is 15.0. The second-order valence-corrected chi connectivity index (χ2v) is 17.4. The van der Waals surface area contributed by atoms with Gasteiger partial charge < -0.3 is 0 Å². The van der Waals surface area contributed by atoms with Gasteiger partial charge in [0.25, 0.3) is 0 Å². The SMILES string of the molecule is C[C@@H]1C[C@@H]2C[C@H](C)CC(c3ccc(-c4ccc(-c5nc(-c6cccc(-c7ccc(C#N)cc7)c6)nc(-c6cccc(-c7cnc(C#N)c8ccccc78)c6)n5)cc4)cc3)(C1)C2. The van der Waals surface area contributed by atoms with Gasteiger partial charge in [0.2, 0.25) is 0 Å². The molecule has 2 bridgehead atoms. The van der Waals surface area contributed by atoms with Crippen molar-refractivity contribution in [3.8, 4) is 79.7 Å². The molecule has 2 heterocycles. The van der Waals surface area contributed by atoms with Crippen LogP contribution in [-0.2, 0) is 5.41 Å². The van der Waals surface area contributed by atoms with Crippen LogP contribution in [0.4, 0.5) is 0 Å². The van der Waals surface area contributed by atoms with E-state index in [2.05, 4.69) is 104 Å². The molecule has 0 spiro atoms. The Morgan fingerprint density at radius 3 is 1.62 bits per heavy atom. The maximum Gasteiger partial charge on any atom is 0.164 e. The third-order valence-corrected chi connectivity index (χ3v) is 13.0. The molecule has 6 heteroatoms.